The van der Waals surface area contributed by atoms with Crippen molar-refractivity contribution in [2.75, 3.05) is 0 Å². The van der Waals surface area contributed by atoms with E-state index in [-0.39, 0.29) is 22.8 Å². The fourth-order valence-corrected chi connectivity index (χ4v) is 4.08. The van der Waals surface area contributed by atoms with Crippen LogP contribution in [-0.4, -0.2) is 10.4 Å². The van der Waals surface area contributed by atoms with Crippen LogP contribution in [0.2, 0.25) is 0 Å². The number of imidazole rings is 1. The van der Waals surface area contributed by atoms with E-state index in [0.717, 1.165) is 45.3 Å². The molecule has 5 heteroatoms. The predicted molar refractivity (Wildman–Crippen MR) is 118 cm³/mol. The summed E-state index contributed by atoms with van der Waals surface area (Å²) in [4.78, 5) is 13.0. The van der Waals surface area contributed by atoms with Gasteiger partial charge in [-0.05, 0) is 29.0 Å². The Morgan fingerprint density at radius 1 is 0.935 bits per heavy atom. The number of carbonyl (C=O) groups is 1. The van der Waals surface area contributed by atoms with E-state index in [4.69, 9.17) is 4.42 Å². The third kappa shape index (κ3) is 4.19. The van der Waals surface area contributed by atoms with Crippen LogP contribution in [0.3, 0.4) is 0 Å². The Bertz CT molecular complexity index is 1330. The van der Waals surface area contributed by atoms with E-state index < -0.39 is 0 Å². The van der Waals surface area contributed by atoms with E-state index in [9.17, 15) is 4.79 Å². The summed E-state index contributed by atoms with van der Waals surface area (Å²) in [6.45, 7) is 3.09. The third-order valence-corrected chi connectivity index (χ3v) is 5.59. The highest BCUT2D eigenvalue weighted by Crippen LogP contribution is 2.20. The first-order valence-electron chi connectivity index (χ1n) is 10.3. The van der Waals surface area contributed by atoms with Crippen LogP contribution in [0.25, 0.3) is 21.7 Å². The van der Waals surface area contributed by atoms with Gasteiger partial charge in [0.15, 0.2) is 6.54 Å². The van der Waals surface area contributed by atoms with Crippen molar-refractivity contribution in [1.29, 1.82) is 0 Å². The minimum atomic E-state index is 0. The molecule has 0 fully saturated rings. The van der Waals surface area contributed by atoms with Crippen LogP contribution >= 0.6 is 0 Å². The Labute approximate surface area is 191 Å². The van der Waals surface area contributed by atoms with Crippen LogP contribution in [0.5, 0.6) is 0 Å². The smallest absolute Gasteiger partial charge is 0.256 e. The van der Waals surface area contributed by atoms with Gasteiger partial charge in [0.25, 0.3) is 5.82 Å². The Morgan fingerprint density at radius 2 is 1.68 bits per heavy atom. The highest BCUT2D eigenvalue weighted by molar-refractivity contribution is 5.99. The van der Waals surface area contributed by atoms with Gasteiger partial charge in [0.1, 0.15) is 30.3 Å². The number of Topliss-reactive ketones (excluding diaryl/α,β-unsaturated/α-hetero) is 1. The molecular formula is C26H23BrN2O2. The fourth-order valence-electron chi connectivity index (χ4n) is 4.08. The Balaban J connectivity index is 0.00000231. The number of rotatable bonds is 6. The molecule has 31 heavy (non-hydrogen) atoms. The van der Waals surface area contributed by atoms with E-state index in [0.29, 0.717) is 13.1 Å². The molecule has 2 aromatic heterocycles. The number of benzene rings is 3. The van der Waals surface area contributed by atoms with Crippen LogP contribution in [0.1, 0.15) is 28.9 Å². The lowest BCUT2D eigenvalue weighted by Gasteiger charge is -2.04. The summed E-state index contributed by atoms with van der Waals surface area (Å²) in [7, 11) is 0. The summed E-state index contributed by atoms with van der Waals surface area (Å²) in [5.41, 5.74) is 1.64. The van der Waals surface area contributed by atoms with E-state index in [1.807, 2.05) is 71.6 Å². The van der Waals surface area contributed by atoms with Crippen molar-refractivity contribution in [3.05, 3.63) is 102 Å². The minimum absolute atomic E-state index is 0. The van der Waals surface area contributed by atoms with E-state index in [1.165, 1.54) is 0 Å². The molecule has 2 heterocycles. The lowest BCUT2D eigenvalue weighted by atomic mass is 10.0. The van der Waals surface area contributed by atoms with Gasteiger partial charge >= 0.3 is 0 Å². The van der Waals surface area contributed by atoms with Crippen LogP contribution < -0.4 is 21.5 Å². The highest BCUT2D eigenvalue weighted by Gasteiger charge is 2.20. The van der Waals surface area contributed by atoms with Gasteiger partial charge in [-0.1, -0.05) is 61.5 Å². The SMILES string of the molecule is CCc1n(Cc2cc3ccccc3o2)cc[n+]1CC(=O)c1ccc2ccccc2c1.[Br-]. The molecule has 0 spiro atoms. The first kappa shape index (κ1) is 21.1. The zero-order valence-corrected chi connectivity index (χ0v) is 18.9. The van der Waals surface area contributed by atoms with Gasteiger partial charge < -0.3 is 21.4 Å². The average molecular weight is 475 g/mol. The number of hydrogen-bond acceptors (Lipinski definition) is 2. The van der Waals surface area contributed by atoms with Crippen LogP contribution in [-0.2, 0) is 19.5 Å². The van der Waals surface area contributed by atoms with Crippen molar-refractivity contribution in [2.45, 2.75) is 26.4 Å². The molecular weight excluding hydrogens is 452 g/mol. The number of para-hydroxylation sites is 1. The Kier molecular flexibility index (Phi) is 6.05. The van der Waals surface area contributed by atoms with Crippen molar-refractivity contribution in [1.82, 2.24) is 4.57 Å². The second-order valence-electron chi connectivity index (χ2n) is 7.56. The molecule has 0 saturated carbocycles. The van der Waals surface area contributed by atoms with Gasteiger partial charge in [-0.25, -0.2) is 9.13 Å². The predicted octanol–water partition coefficient (Wildman–Crippen LogP) is 2.17. The molecule has 156 valence electrons. The molecule has 4 nitrogen and oxygen atoms in total. The fraction of sp³-hybridized carbons (Fsp3) is 0.154. The number of furan rings is 1. The van der Waals surface area contributed by atoms with Crippen LogP contribution in [0.4, 0.5) is 0 Å². The molecule has 3 aromatic carbocycles. The monoisotopic (exact) mass is 474 g/mol. The van der Waals surface area contributed by atoms with Crippen molar-refractivity contribution in [2.24, 2.45) is 0 Å². The summed E-state index contributed by atoms with van der Waals surface area (Å²) in [5, 5.41) is 3.34. The molecule has 0 radical (unpaired) electrons. The molecule has 0 N–H and O–H groups in total. The van der Waals surface area contributed by atoms with Crippen molar-refractivity contribution < 1.29 is 30.8 Å². The van der Waals surface area contributed by atoms with E-state index in [2.05, 4.69) is 29.7 Å². The number of fused-ring (bicyclic) bond motifs is 2. The van der Waals surface area contributed by atoms with Crippen molar-refractivity contribution in [3.63, 3.8) is 0 Å². The molecule has 0 unspecified atom stereocenters. The van der Waals surface area contributed by atoms with E-state index >= 15 is 0 Å². The highest BCUT2D eigenvalue weighted by atomic mass is 79.9. The topological polar surface area (TPSA) is 39.0 Å². The number of ketones is 1. The maximum absolute atomic E-state index is 13.0. The van der Waals surface area contributed by atoms with Gasteiger partial charge in [-0.2, -0.15) is 0 Å². The van der Waals surface area contributed by atoms with Crippen LogP contribution in [0, 0.1) is 0 Å². The molecule has 0 aliphatic rings. The number of nitrogens with zero attached hydrogens (tertiary/aromatic N) is 2. The minimum Gasteiger partial charge on any atom is -1.00 e. The lowest BCUT2D eigenvalue weighted by molar-refractivity contribution is -0.690. The molecule has 0 aliphatic carbocycles. The summed E-state index contributed by atoms with van der Waals surface area (Å²) in [6.07, 6.45) is 4.85. The van der Waals surface area contributed by atoms with Crippen molar-refractivity contribution in [3.8, 4) is 0 Å². The molecule has 0 amide bonds. The molecule has 0 bridgehead atoms. The first-order chi connectivity index (χ1) is 14.7. The summed E-state index contributed by atoms with van der Waals surface area (Å²) in [6, 6.07) is 24.1. The second-order valence-corrected chi connectivity index (χ2v) is 7.56. The van der Waals surface area contributed by atoms with E-state index in [1.54, 1.807) is 0 Å². The summed E-state index contributed by atoms with van der Waals surface area (Å²) in [5.74, 6) is 2.13. The van der Waals surface area contributed by atoms with Crippen LogP contribution in [0.15, 0.2) is 89.6 Å². The van der Waals surface area contributed by atoms with Gasteiger partial charge in [0.2, 0.25) is 5.78 Å². The maximum Gasteiger partial charge on any atom is 0.256 e. The van der Waals surface area contributed by atoms with Crippen molar-refractivity contribution >= 4 is 27.5 Å². The number of carbonyl (C=O) groups excluding carboxylic acids is 1. The maximum atomic E-state index is 13.0. The first-order valence-corrected chi connectivity index (χ1v) is 10.3. The third-order valence-electron chi connectivity index (χ3n) is 5.59. The molecule has 5 aromatic rings. The number of halogens is 1. The second kappa shape index (κ2) is 8.90. The summed E-state index contributed by atoms with van der Waals surface area (Å²) < 4.78 is 10.2. The van der Waals surface area contributed by atoms with Gasteiger partial charge in [-0.15, -0.1) is 0 Å². The zero-order valence-electron chi connectivity index (χ0n) is 17.3. The Morgan fingerprint density at radius 3 is 2.45 bits per heavy atom. The Hall–Kier alpha value is -3.18. The zero-order chi connectivity index (χ0) is 20.5. The molecule has 0 aliphatic heterocycles. The average Bonchev–Trinajstić information content (AvgIpc) is 3.36. The van der Waals surface area contributed by atoms with Gasteiger partial charge in [0, 0.05) is 17.4 Å². The lowest BCUT2D eigenvalue weighted by Crippen LogP contribution is -3.00. The molecule has 0 saturated heterocycles. The number of aromatic nitrogens is 2. The molecule has 0 atom stereocenters. The largest absolute Gasteiger partial charge is 1.00 e. The number of hydrogen-bond donors (Lipinski definition) is 0. The normalized spacial score (nSPS) is 11.0. The summed E-state index contributed by atoms with van der Waals surface area (Å²) >= 11 is 0. The standard InChI is InChI=1S/C26H23N2O2.BrH/c1-2-26-27(17-23-16-22-9-5-6-10-25(22)30-23)13-14-28(26)18-24(29)21-12-11-19-7-3-4-8-20(19)15-21;/h3-16H,2,17-18H2,1H3;1H/q+1;/p-1. The quantitative estimate of drug-likeness (QED) is 0.279. The van der Waals surface area contributed by atoms with Gasteiger partial charge in [0.05, 0.1) is 0 Å². The van der Waals surface area contributed by atoms with Gasteiger partial charge in [-0.3, -0.25) is 4.79 Å². The molecule has 5 rings (SSSR count).